The topological polar surface area (TPSA) is 51.0 Å². The summed E-state index contributed by atoms with van der Waals surface area (Å²) in [7, 11) is 0. The molecule has 2 aromatic carbocycles. The van der Waals surface area contributed by atoms with E-state index in [-0.39, 0.29) is 6.04 Å². The molecule has 0 aliphatic rings. The maximum atomic E-state index is 5.96. The van der Waals surface area contributed by atoms with Gasteiger partial charge in [-0.3, -0.25) is 0 Å². The number of aromatic amines is 1. The van der Waals surface area contributed by atoms with Crippen molar-refractivity contribution < 1.29 is 4.74 Å². The first-order chi connectivity index (χ1) is 10.2. The molecule has 21 heavy (non-hydrogen) atoms. The SMILES string of the molecule is C[C@@H](N)Cc1c[nH]c2c(OCc3ccccc3)cccc12. The van der Waals surface area contributed by atoms with Gasteiger partial charge in [0, 0.05) is 17.6 Å². The second kappa shape index (κ2) is 6.02. The van der Waals surface area contributed by atoms with Crippen LogP contribution >= 0.6 is 0 Å². The lowest BCUT2D eigenvalue weighted by atomic mass is 10.1. The summed E-state index contributed by atoms with van der Waals surface area (Å²) in [6.45, 7) is 2.59. The van der Waals surface area contributed by atoms with E-state index in [0.717, 1.165) is 23.3 Å². The highest BCUT2D eigenvalue weighted by Gasteiger charge is 2.09. The molecule has 1 atom stereocenters. The first-order valence-electron chi connectivity index (χ1n) is 7.25. The van der Waals surface area contributed by atoms with Crippen LogP contribution in [0.5, 0.6) is 5.75 Å². The van der Waals surface area contributed by atoms with Crippen LogP contribution in [-0.4, -0.2) is 11.0 Å². The quantitative estimate of drug-likeness (QED) is 0.749. The third kappa shape index (κ3) is 3.09. The van der Waals surface area contributed by atoms with Crippen molar-refractivity contribution in [1.82, 2.24) is 4.98 Å². The van der Waals surface area contributed by atoms with E-state index in [1.165, 1.54) is 10.9 Å². The Morgan fingerprint density at radius 2 is 1.90 bits per heavy atom. The van der Waals surface area contributed by atoms with Gasteiger partial charge in [0.15, 0.2) is 0 Å². The van der Waals surface area contributed by atoms with Crippen molar-refractivity contribution in [2.45, 2.75) is 26.0 Å². The molecule has 0 saturated heterocycles. The molecule has 3 nitrogen and oxygen atoms in total. The number of aromatic nitrogens is 1. The van der Waals surface area contributed by atoms with Gasteiger partial charge in [0.05, 0.1) is 5.52 Å². The van der Waals surface area contributed by atoms with E-state index in [1.54, 1.807) is 0 Å². The molecule has 1 aromatic heterocycles. The molecule has 108 valence electrons. The minimum Gasteiger partial charge on any atom is -0.487 e. The predicted molar refractivity (Wildman–Crippen MR) is 86.4 cm³/mol. The van der Waals surface area contributed by atoms with Crippen molar-refractivity contribution in [2.24, 2.45) is 5.73 Å². The number of nitrogens with two attached hydrogens (primary N) is 1. The lowest BCUT2D eigenvalue weighted by Crippen LogP contribution is -2.17. The van der Waals surface area contributed by atoms with Gasteiger partial charge in [-0.25, -0.2) is 0 Å². The molecule has 1 heterocycles. The maximum Gasteiger partial charge on any atom is 0.143 e. The molecular formula is C18H20N2O. The largest absolute Gasteiger partial charge is 0.487 e. The molecule has 0 aliphatic carbocycles. The molecule has 0 bridgehead atoms. The first kappa shape index (κ1) is 13.7. The summed E-state index contributed by atoms with van der Waals surface area (Å²) in [5.41, 5.74) is 9.35. The Balaban J connectivity index is 1.84. The number of benzene rings is 2. The second-order valence-corrected chi connectivity index (χ2v) is 5.45. The van der Waals surface area contributed by atoms with Crippen molar-refractivity contribution in [2.75, 3.05) is 0 Å². The maximum absolute atomic E-state index is 5.96. The highest BCUT2D eigenvalue weighted by molar-refractivity contribution is 5.88. The van der Waals surface area contributed by atoms with Gasteiger partial charge in [0.1, 0.15) is 12.4 Å². The van der Waals surface area contributed by atoms with E-state index >= 15 is 0 Å². The number of rotatable bonds is 5. The van der Waals surface area contributed by atoms with Gasteiger partial charge < -0.3 is 15.5 Å². The standard InChI is InChI=1S/C18H20N2O/c1-13(19)10-15-11-20-18-16(15)8-5-9-17(18)21-12-14-6-3-2-4-7-14/h2-9,11,13,20H,10,12,19H2,1H3/t13-/m1/s1. The summed E-state index contributed by atoms with van der Waals surface area (Å²) in [6, 6.07) is 16.5. The molecule has 0 saturated carbocycles. The Hall–Kier alpha value is -2.26. The zero-order valence-electron chi connectivity index (χ0n) is 12.2. The smallest absolute Gasteiger partial charge is 0.143 e. The minimum absolute atomic E-state index is 0.151. The van der Waals surface area contributed by atoms with Gasteiger partial charge in [-0.2, -0.15) is 0 Å². The van der Waals surface area contributed by atoms with Crippen LogP contribution in [0.3, 0.4) is 0 Å². The van der Waals surface area contributed by atoms with Crippen molar-refractivity contribution >= 4 is 10.9 Å². The van der Waals surface area contributed by atoms with E-state index in [2.05, 4.69) is 23.2 Å². The summed E-state index contributed by atoms with van der Waals surface area (Å²) < 4.78 is 5.96. The van der Waals surface area contributed by atoms with E-state index in [4.69, 9.17) is 10.5 Å². The Morgan fingerprint density at radius 1 is 1.10 bits per heavy atom. The van der Waals surface area contributed by atoms with Crippen LogP contribution in [0.4, 0.5) is 0 Å². The summed E-state index contributed by atoms with van der Waals surface area (Å²) in [5.74, 6) is 0.882. The van der Waals surface area contributed by atoms with Crippen molar-refractivity contribution in [3.8, 4) is 5.75 Å². The van der Waals surface area contributed by atoms with Crippen molar-refractivity contribution in [3.05, 3.63) is 65.9 Å². The molecule has 3 N–H and O–H groups in total. The third-order valence-electron chi connectivity index (χ3n) is 3.54. The van der Waals surface area contributed by atoms with Crippen LogP contribution in [0.1, 0.15) is 18.1 Å². The number of ether oxygens (including phenoxy) is 1. The fraction of sp³-hybridized carbons (Fsp3) is 0.222. The van der Waals surface area contributed by atoms with Crippen LogP contribution in [0.25, 0.3) is 10.9 Å². The molecule has 3 rings (SSSR count). The van der Waals surface area contributed by atoms with Gasteiger partial charge in [-0.05, 0) is 30.5 Å². The second-order valence-electron chi connectivity index (χ2n) is 5.45. The third-order valence-corrected chi connectivity index (χ3v) is 3.54. The predicted octanol–water partition coefficient (Wildman–Crippen LogP) is 3.64. The average Bonchev–Trinajstić information content (AvgIpc) is 2.89. The van der Waals surface area contributed by atoms with Gasteiger partial charge in [0.2, 0.25) is 0 Å². The fourth-order valence-corrected chi connectivity index (χ4v) is 2.56. The van der Waals surface area contributed by atoms with Crippen LogP contribution in [-0.2, 0) is 13.0 Å². The molecule has 3 aromatic rings. The molecular weight excluding hydrogens is 260 g/mol. The summed E-state index contributed by atoms with van der Waals surface area (Å²) >= 11 is 0. The Morgan fingerprint density at radius 3 is 2.67 bits per heavy atom. The summed E-state index contributed by atoms with van der Waals surface area (Å²) in [5, 5.41) is 1.19. The number of para-hydroxylation sites is 1. The number of hydrogen-bond acceptors (Lipinski definition) is 2. The van der Waals surface area contributed by atoms with Crippen LogP contribution in [0.15, 0.2) is 54.7 Å². The van der Waals surface area contributed by atoms with Crippen LogP contribution in [0.2, 0.25) is 0 Å². The van der Waals surface area contributed by atoms with E-state index in [9.17, 15) is 0 Å². The zero-order chi connectivity index (χ0) is 14.7. The number of nitrogens with one attached hydrogen (secondary N) is 1. The van der Waals surface area contributed by atoms with Crippen molar-refractivity contribution in [3.63, 3.8) is 0 Å². The zero-order valence-corrected chi connectivity index (χ0v) is 12.2. The molecule has 0 fully saturated rings. The number of H-pyrrole nitrogens is 1. The fourth-order valence-electron chi connectivity index (χ4n) is 2.56. The molecule has 0 aliphatic heterocycles. The monoisotopic (exact) mass is 280 g/mol. The van der Waals surface area contributed by atoms with Crippen LogP contribution < -0.4 is 10.5 Å². The Bertz CT molecular complexity index is 716. The van der Waals surface area contributed by atoms with Crippen molar-refractivity contribution in [1.29, 1.82) is 0 Å². The lowest BCUT2D eigenvalue weighted by molar-refractivity contribution is 0.309. The highest BCUT2D eigenvalue weighted by atomic mass is 16.5. The number of hydrogen-bond donors (Lipinski definition) is 2. The Kier molecular flexibility index (Phi) is 3.93. The minimum atomic E-state index is 0.151. The van der Waals surface area contributed by atoms with Gasteiger partial charge in [-0.1, -0.05) is 42.5 Å². The van der Waals surface area contributed by atoms with E-state index < -0.39 is 0 Å². The molecule has 0 unspecified atom stereocenters. The van der Waals surface area contributed by atoms with E-state index in [1.807, 2.05) is 43.5 Å². The average molecular weight is 280 g/mol. The lowest BCUT2D eigenvalue weighted by Gasteiger charge is -2.08. The first-order valence-corrected chi connectivity index (χ1v) is 7.25. The summed E-state index contributed by atoms with van der Waals surface area (Å²) in [4.78, 5) is 3.32. The van der Waals surface area contributed by atoms with E-state index in [0.29, 0.717) is 6.61 Å². The van der Waals surface area contributed by atoms with Gasteiger partial charge >= 0.3 is 0 Å². The Labute approximate surface area is 124 Å². The summed E-state index contributed by atoms with van der Waals surface area (Å²) in [6.07, 6.45) is 2.89. The van der Waals surface area contributed by atoms with Gasteiger partial charge in [0.25, 0.3) is 0 Å². The molecule has 3 heteroatoms. The number of fused-ring (bicyclic) bond motifs is 1. The molecule has 0 amide bonds. The highest BCUT2D eigenvalue weighted by Crippen LogP contribution is 2.28. The van der Waals surface area contributed by atoms with Crippen LogP contribution in [0, 0.1) is 0 Å². The molecule has 0 radical (unpaired) electrons. The van der Waals surface area contributed by atoms with Gasteiger partial charge in [-0.15, -0.1) is 0 Å². The molecule has 0 spiro atoms. The normalized spacial score (nSPS) is 12.5.